The normalized spacial score (nSPS) is 17.9. The van der Waals surface area contributed by atoms with Crippen molar-refractivity contribution in [3.63, 3.8) is 0 Å². The zero-order chi connectivity index (χ0) is 22.0. The largest absolute Gasteiger partial charge is 0.329 e. The monoisotopic (exact) mass is 429 g/mol. The molecule has 2 heterocycles. The zero-order valence-corrected chi connectivity index (χ0v) is 18.2. The van der Waals surface area contributed by atoms with Crippen molar-refractivity contribution in [2.75, 3.05) is 11.9 Å². The highest BCUT2D eigenvalue weighted by Gasteiger charge is 2.44. The van der Waals surface area contributed by atoms with Crippen molar-refractivity contribution < 1.29 is 9.59 Å². The summed E-state index contributed by atoms with van der Waals surface area (Å²) in [4.78, 5) is 29.9. The van der Waals surface area contributed by atoms with E-state index in [4.69, 9.17) is 0 Å². The van der Waals surface area contributed by atoms with Gasteiger partial charge in [-0.05, 0) is 41.1 Å². The van der Waals surface area contributed by atoms with Gasteiger partial charge < -0.3 is 10.2 Å². The predicted octanol–water partition coefficient (Wildman–Crippen LogP) is 5.20. The molecule has 1 aliphatic heterocycles. The van der Waals surface area contributed by atoms with Crippen LogP contribution in [-0.2, 0) is 4.79 Å². The maximum Gasteiger partial charge on any atom is 0.254 e. The number of nitrogens with one attached hydrogen (secondary N) is 1. The van der Waals surface area contributed by atoms with Crippen LogP contribution in [0.1, 0.15) is 52.2 Å². The number of amides is 2. The fraction of sp³-hybridized carbons (Fsp3) is 0.240. The molecule has 0 saturated carbocycles. The van der Waals surface area contributed by atoms with Gasteiger partial charge in [0, 0.05) is 17.0 Å². The van der Waals surface area contributed by atoms with E-state index >= 15 is 0 Å². The van der Waals surface area contributed by atoms with Gasteiger partial charge in [-0.15, -0.1) is 11.3 Å². The molecule has 156 valence electrons. The first kappa shape index (κ1) is 20.8. The summed E-state index contributed by atoms with van der Waals surface area (Å²) in [6, 6.07) is 19.9. The summed E-state index contributed by atoms with van der Waals surface area (Å²) in [6.07, 6.45) is 0. The van der Waals surface area contributed by atoms with Crippen molar-refractivity contribution in [3.05, 3.63) is 87.6 Å². The number of carbonyl (C=O) groups excluding carboxylic acids is 2. The van der Waals surface area contributed by atoms with Gasteiger partial charge in [0.2, 0.25) is 5.91 Å². The number of fused-ring (bicyclic) bond motifs is 1. The van der Waals surface area contributed by atoms with Crippen molar-refractivity contribution >= 4 is 28.8 Å². The number of carbonyl (C=O) groups is 2. The molecule has 0 spiro atoms. The minimum Gasteiger partial charge on any atom is -0.329 e. The van der Waals surface area contributed by atoms with Crippen LogP contribution in [0.25, 0.3) is 0 Å². The van der Waals surface area contributed by atoms with Gasteiger partial charge in [0.15, 0.2) is 0 Å². The van der Waals surface area contributed by atoms with Crippen molar-refractivity contribution in [2.24, 2.45) is 5.92 Å². The fourth-order valence-corrected chi connectivity index (χ4v) is 5.02. The smallest absolute Gasteiger partial charge is 0.254 e. The van der Waals surface area contributed by atoms with Gasteiger partial charge in [-0.25, -0.2) is 0 Å². The predicted molar refractivity (Wildman–Crippen MR) is 122 cm³/mol. The Labute approximate surface area is 185 Å². The molecule has 5 nitrogen and oxygen atoms in total. The molecule has 1 aliphatic rings. The molecule has 31 heavy (non-hydrogen) atoms. The SMILES string of the molecule is CC(C)CN1C(=O)c2ccccc2C(C(=O)Nc2ccccc2C#N)C1c1cccs1. The maximum atomic E-state index is 13.7. The van der Waals surface area contributed by atoms with E-state index in [1.165, 1.54) is 0 Å². The third-order valence-corrected chi connectivity index (χ3v) is 6.37. The minimum atomic E-state index is -0.585. The summed E-state index contributed by atoms with van der Waals surface area (Å²) in [5, 5.41) is 14.3. The van der Waals surface area contributed by atoms with Gasteiger partial charge in [-0.2, -0.15) is 5.26 Å². The molecule has 0 saturated heterocycles. The van der Waals surface area contributed by atoms with Crippen LogP contribution in [0.2, 0.25) is 0 Å². The first-order valence-corrected chi connectivity index (χ1v) is 11.1. The highest BCUT2D eigenvalue weighted by molar-refractivity contribution is 7.10. The van der Waals surface area contributed by atoms with E-state index in [-0.39, 0.29) is 17.7 Å². The summed E-state index contributed by atoms with van der Waals surface area (Å²) < 4.78 is 0. The van der Waals surface area contributed by atoms with Crippen molar-refractivity contribution in [2.45, 2.75) is 25.8 Å². The Kier molecular flexibility index (Phi) is 5.88. The van der Waals surface area contributed by atoms with Crippen LogP contribution in [0, 0.1) is 17.2 Å². The number of hydrogen-bond acceptors (Lipinski definition) is 4. The highest BCUT2D eigenvalue weighted by Crippen LogP contribution is 2.45. The van der Waals surface area contributed by atoms with E-state index < -0.39 is 12.0 Å². The number of nitrogens with zero attached hydrogens (tertiary/aromatic N) is 2. The maximum absolute atomic E-state index is 13.7. The van der Waals surface area contributed by atoms with E-state index in [9.17, 15) is 14.9 Å². The van der Waals surface area contributed by atoms with Gasteiger partial charge in [0.05, 0.1) is 23.2 Å². The van der Waals surface area contributed by atoms with Crippen LogP contribution < -0.4 is 5.32 Å². The molecule has 6 heteroatoms. The van der Waals surface area contributed by atoms with Gasteiger partial charge in [-0.3, -0.25) is 9.59 Å². The number of rotatable bonds is 5. The molecule has 3 aromatic rings. The summed E-state index contributed by atoms with van der Waals surface area (Å²) in [6.45, 7) is 4.68. The third kappa shape index (κ3) is 3.97. The molecule has 2 atom stereocenters. The summed E-state index contributed by atoms with van der Waals surface area (Å²) in [7, 11) is 0. The zero-order valence-electron chi connectivity index (χ0n) is 17.4. The lowest BCUT2D eigenvalue weighted by atomic mass is 9.81. The fourth-order valence-electron chi connectivity index (χ4n) is 4.15. The van der Waals surface area contributed by atoms with Crippen LogP contribution >= 0.6 is 11.3 Å². The molecule has 2 aromatic carbocycles. The van der Waals surface area contributed by atoms with E-state index in [2.05, 4.69) is 25.2 Å². The Hall–Kier alpha value is -3.43. The van der Waals surface area contributed by atoms with E-state index in [1.54, 1.807) is 41.7 Å². The Balaban J connectivity index is 1.83. The minimum absolute atomic E-state index is 0.0517. The van der Waals surface area contributed by atoms with E-state index in [1.807, 2.05) is 40.6 Å². The number of nitriles is 1. The second kappa shape index (κ2) is 8.75. The summed E-state index contributed by atoms with van der Waals surface area (Å²) >= 11 is 1.55. The van der Waals surface area contributed by atoms with Crippen molar-refractivity contribution in [1.29, 1.82) is 5.26 Å². The summed E-state index contributed by atoms with van der Waals surface area (Å²) in [5.74, 6) is -0.614. The lowest BCUT2D eigenvalue weighted by Crippen LogP contribution is -2.47. The first-order valence-electron chi connectivity index (χ1n) is 10.2. The number of para-hydroxylation sites is 1. The number of benzene rings is 2. The average Bonchev–Trinajstić information content (AvgIpc) is 3.30. The lowest BCUT2D eigenvalue weighted by molar-refractivity contribution is -0.119. The molecule has 0 radical (unpaired) electrons. The molecule has 0 fully saturated rings. The molecule has 0 aliphatic carbocycles. The van der Waals surface area contributed by atoms with Crippen molar-refractivity contribution in [3.8, 4) is 6.07 Å². The van der Waals surface area contributed by atoms with Crippen LogP contribution in [0.3, 0.4) is 0 Å². The molecule has 1 N–H and O–H groups in total. The van der Waals surface area contributed by atoms with Crippen LogP contribution in [0.15, 0.2) is 66.0 Å². The van der Waals surface area contributed by atoms with Crippen LogP contribution in [0.4, 0.5) is 5.69 Å². The highest BCUT2D eigenvalue weighted by atomic mass is 32.1. The molecular weight excluding hydrogens is 406 g/mol. The van der Waals surface area contributed by atoms with E-state index in [0.29, 0.717) is 23.4 Å². The molecule has 0 bridgehead atoms. The van der Waals surface area contributed by atoms with Crippen molar-refractivity contribution in [1.82, 2.24) is 4.90 Å². The average molecular weight is 430 g/mol. The second-order valence-corrected chi connectivity index (χ2v) is 9.00. The molecule has 2 unspecified atom stereocenters. The third-order valence-electron chi connectivity index (χ3n) is 5.42. The number of anilines is 1. The van der Waals surface area contributed by atoms with Crippen LogP contribution in [0.5, 0.6) is 0 Å². The Bertz CT molecular complexity index is 1150. The molecular formula is C25H23N3O2S. The first-order chi connectivity index (χ1) is 15.0. The molecule has 4 rings (SSSR count). The van der Waals surface area contributed by atoms with Gasteiger partial charge in [0.25, 0.3) is 5.91 Å². The Morgan fingerprint density at radius 2 is 1.87 bits per heavy atom. The molecule has 2 amide bonds. The lowest BCUT2D eigenvalue weighted by Gasteiger charge is -2.42. The van der Waals surface area contributed by atoms with Gasteiger partial charge in [0.1, 0.15) is 6.07 Å². The number of thiophene rings is 1. The topological polar surface area (TPSA) is 73.2 Å². The van der Waals surface area contributed by atoms with Gasteiger partial charge in [-0.1, -0.05) is 50.2 Å². The standard InChI is InChI=1S/C25H23N3O2S/c1-16(2)15-28-23(21-12-7-13-31-21)22(18-9-4-5-10-19(18)25(28)30)24(29)27-20-11-6-3-8-17(20)14-26/h3-13,16,22-23H,15H2,1-2H3,(H,27,29). The quantitative estimate of drug-likeness (QED) is 0.606. The second-order valence-electron chi connectivity index (χ2n) is 8.02. The van der Waals surface area contributed by atoms with E-state index in [0.717, 1.165) is 10.4 Å². The Morgan fingerprint density at radius 1 is 1.13 bits per heavy atom. The van der Waals surface area contributed by atoms with Crippen LogP contribution in [-0.4, -0.2) is 23.3 Å². The number of hydrogen-bond donors (Lipinski definition) is 1. The molecule has 1 aromatic heterocycles. The Morgan fingerprint density at radius 3 is 2.58 bits per heavy atom. The van der Waals surface area contributed by atoms with Gasteiger partial charge >= 0.3 is 0 Å². The summed E-state index contributed by atoms with van der Waals surface area (Å²) in [5.41, 5.74) is 2.16.